The first-order valence-corrected chi connectivity index (χ1v) is 7.90. The number of H-pyrrole nitrogens is 1. The van der Waals surface area contributed by atoms with E-state index in [0.717, 1.165) is 30.0 Å². The maximum atomic E-state index is 12.6. The van der Waals surface area contributed by atoms with Crippen LogP contribution in [0.2, 0.25) is 0 Å². The predicted molar refractivity (Wildman–Crippen MR) is 79.7 cm³/mol. The van der Waals surface area contributed by atoms with Crippen molar-refractivity contribution in [3.8, 4) is 0 Å². The fourth-order valence-electron chi connectivity index (χ4n) is 2.84. The average Bonchev–Trinajstić information content (AvgIpc) is 3.10. The summed E-state index contributed by atoms with van der Waals surface area (Å²) in [6, 6.07) is 6.29. The topological polar surface area (TPSA) is 49.0 Å². The van der Waals surface area contributed by atoms with Gasteiger partial charge in [0.05, 0.1) is 18.2 Å². The Labute approximate surface area is 122 Å². The number of aromatic amines is 1. The molecule has 5 heteroatoms. The minimum Gasteiger partial charge on any atom is -0.334 e. The van der Waals surface area contributed by atoms with Crippen molar-refractivity contribution in [3.05, 3.63) is 39.8 Å². The van der Waals surface area contributed by atoms with Crippen LogP contribution in [0.5, 0.6) is 0 Å². The third kappa shape index (κ3) is 2.77. The molecular formula is C15H19N3OS. The molecule has 1 fully saturated rings. The number of nitrogens with one attached hydrogen (secondary N) is 1. The summed E-state index contributed by atoms with van der Waals surface area (Å²) in [6.45, 7) is 2.93. The van der Waals surface area contributed by atoms with Crippen molar-refractivity contribution in [2.75, 3.05) is 6.54 Å². The van der Waals surface area contributed by atoms with Gasteiger partial charge in [-0.1, -0.05) is 0 Å². The maximum Gasteiger partial charge on any atom is 0.228 e. The highest BCUT2D eigenvalue weighted by Crippen LogP contribution is 2.30. The summed E-state index contributed by atoms with van der Waals surface area (Å²) in [5, 5.41) is 7.04. The molecule has 1 aliphatic rings. The third-order valence-electron chi connectivity index (χ3n) is 3.83. The van der Waals surface area contributed by atoms with Crippen molar-refractivity contribution in [2.45, 2.75) is 38.6 Å². The Kier molecular flexibility index (Phi) is 3.87. The molecule has 3 rings (SSSR count). The van der Waals surface area contributed by atoms with Crippen molar-refractivity contribution in [3.63, 3.8) is 0 Å². The fourth-order valence-corrected chi connectivity index (χ4v) is 3.72. The van der Waals surface area contributed by atoms with Crippen LogP contribution >= 0.6 is 11.3 Å². The Hall–Kier alpha value is -1.62. The molecule has 2 aromatic heterocycles. The van der Waals surface area contributed by atoms with Gasteiger partial charge in [-0.2, -0.15) is 5.10 Å². The smallest absolute Gasteiger partial charge is 0.228 e. The van der Waals surface area contributed by atoms with Gasteiger partial charge in [-0.05, 0) is 44.4 Å². The van der Waals surface area contributed by atoms with Gasteiger partial charge in [-0.25, -0.2) is 0 Å². The minimum atomic E-state index is 0.166. The summed E-state index contributed by atoms with van der Waals surface area (Å²) >= 11 is 1.71. The number of amides is 1. The number of thiophene rings is 1. The molecule has 0 bridgehead atoms. The molecule has 0 unspecified atom stereocenters. The molecule has 1 N–H and O–H groups in total. The Bertz CT molecular complexity index is 576. The number of likely N-dealkylation sites (tertiary alicyclic amines) is 1. The molecule has 1 atom stereocenters. The first-order valence-electron chi connectivity index (χ1n) is 7.08. The molecule has 3 heterocycles. The van der Waals surface area contributed by atoms with Gasteiger partial charge in [0.25, 0.3) is 0 Å². The number of carbonyl (C=O) groups excluding carboxylic acids is 1. The summed E-state index contributed by atoms with van der Waals surface area (Å²) in [6.07, 6.45) is 5.57. The zero-order valence-corrected chi connectivity index (χ0v) is 12.4. The second-order valence-corrected chi connectivity index (χ2v) is 6.67. The van der Waals surface area contributed by atoms with Gasteiger partial charge in [0.2, 0.25) is 5.91 Å². The lowest BCUT2D eigenvalue weighted by atomic mass is 9.99. The number of hydrogen-bond donors (Lipinski definition) is 1. The Balaban J connectivity index is 1.74. The lowest BCUT2D eigenvalue weighted by Crippen LogP contribution is -2.39. The summed E-state index contributed by atoms with van der Waals surface area (Å²) in [5.41, 5.74) is 1.06. The van der Waals surface area contributed by atoms with E-state index in [1.54, 1.807) is 17.5 Å². The van der Waals surface area contributed by atoms with Crippen molar-refractivity contribution in [2.24, 2.45) is 0 Å². The van der Waals surface area contributed by atoms with Crippen LogP contribution in [-0.4, -0.2) is 27.5 Å². The highest BCUT2D eigenvalue weighted by molar-refractivity contribution is 7.12. The summed E-state index contributed by atoms with van der Waals surface area (Å²) < 4.78 is 0. The van der Waals surface area contributed by atoms with Crippen LogP contribution in [0.3, 0.4) is 0 Å². The van der Waals surface area contributed by atoms with Crippen molar-refractivity contribution < 1.29 is 4.79 Å². The van der Waals surface area contributed by atoms with Gasteiger partial charge in [-0.3, -0.25) is 9.89 Å². The predicted octanol–water partition coefficient (Wildman–Crippen LogP) is 3.08. The molecule has 20 heavy (non-hydrogen) atoms. The average molecular weight is 289 g/mol. The molecule has 0 radical (unpaired) electrons. The van der Waals surface area contributed by atoms with Crippen LogP contribution in [0, 0.1) is 6.92 Å². The van der Waals surface area contributed by atoms with E-state index >= 15 is 0 Å². The summed E-state index contributed by atoms with van der Waals surface area (Å²) in [5.74, 6) is 0.228. The summed E-state index contributed by atoms with van der Waals surface area (Å²) in [4.78, 5) is 17.0. The number of aryl methyl sites for hydroxylation is 1. The molecule has 0 aromatic carbocycles. The van der Waals surface area contributed by atoms with E-state index in [1.165, 1.54) is 11.3 Å². The molecular weight excluding hydrogens is 270 g/mol. The van der Waals surface area contributed by atoms with E-state index in [2.05, 4.69) is 29.3 Å². The molecule has 106 valence electrons. The number of carbonyl (C=O) groups is 1. The summed E-state index contributed by atoms with van der Waals surface area (Å²) in [7, 11) is 0. The van der Waals surface area contributed by atoms with Crippen LogP contribution in [0.15, 0.2) is 24.4 Å². The highest BCUT2D eigenvalue weighted by atomic mass is 32.1. The van der Waals surface area contributed by atoms with Gasteiger partial charge in [0.1, 0.15) is 0 Å². The van der Waals surface area contributed by atoms with E-state index in [4.69, 9.17) is 0 Å². The number of piperidine rings is 1. The lowest BCUT2D eigenvalue weighted by Gasteiger charge is -2.35. The van der Waals surface area contributed by atoms with Gasteiger partial charge in [-0.15, -0.1) is 11.3 Å². The number of nitrogens with zero attached hydrogens (tertiary/aromatic N) is 2. The normalized spacial score (nSPS) is 19.2. The molecule has 1 amide bonds. The fraction of sp³-hybridized carbons (Fsp3) is 0.467. The van der Waals surface area contributed by atoms with Gasteiger partial charge in [0.15, 0.2) is 0 Å². The Morgan fingerprint density at radius 1 is 1.45 bits per heavy atom. The molecule has 1 saturated heterocycles. The zero-order chi connectivity index (χ0) is 13.9. The second kappa shape index (κ2) is 5.79. The quantitative estimate of drug-likeness (QED) is 0.944. The highest BCUT2D eigenvalue weighted by Gasteiger charge is 2.28. The molecule has 1 aliphatic heterocycles. The van der Waals surface area contributed by atoms with E-state index < -0.39 is 0 Å². The monoisotopic (exact) mass is 289 g/mol. The van der Waals surface area contributed by atoms with Gasteiger partial charge >= 0.3 is 0 Å². The maximum absolute atomic E-state index is 12.6. The van der Waals surface area contributed by atoms with E-state index in [9.17, 15) is 4.79 Å². The van der Waals surface area contributed by atoms with Crippen LogP contribution in [-0.2, 0) is 11.2 Å². The van der Waals surface area contributed by atoms with Crippen LogP contribution in [0.1, 0.15) is 40.8 Å². The molecule has 0 saturated carbocycles. The number of hydrogen-bond acceptors (Lipinski definition) is 3. The zero-order valence-electron chi connectivity index (χ0n) is 11.6. The van der Waals surface area contributed by atoms with Gasteiger partial charge in [0, 0.05) is 22.5 Å². The largest absolute Gasteiger partial charge is 0.334 e. The van der Waals surface area contributed by atoms with Crippen LogP contribution in [0.4, 0.5) is 0 Å². The third-order valence-corrected chi connectivity index (χ3v) is 4.83. The minimum absolute atomic E-state index is 0.166. The van der Waals surface area contributed by atoms with E-state index in [1.807, 2.05) is 11.0 Å². The van der Waals surface area contributed by atoms with Crippen molar-refractivity contribution >= 4 is 17.2 Å². The molecule has 0 spiro atoms. The molecule has 4 nitrogen and oxygen atoms in total. The first-order chi connectivity index (χ1) is 9.74. The Morgan fingerprint density at radius 3 is 3.05 bits per heavy atom. The van der Waals surface area contributed by atoms with Crippen LogP contribution < -0.4 is 0 Å². The molecule has 0 aliphatic carbocycles. The molecule has 2 aromatic rings. The SMILES string of the molecule is Cc1ccc(CC(=O)N2CCCC[C@H]2c2ccn[nH]2)s1. The van der Waals surface area contributed by atoms with Crippen LogP contribution in [0.25, 0.3) is 0 Å². The van der Waals surface area contributed by atoms with E-state index in [0.29, 0.717) is 6.42 Å². The number of rotatable bonds is 3. The number of aromatic nitrogens is 2. The Morgan fingerprint density at radius 2 is 2.35 bits per heavy atom. The van der Waals surface area contributed by atoms with Gasteiger partial charge < -0.3 is 4.90 Å². The van der Waals surface area contributed by atoms with Crippen molar-refractivity contribution in [1.29, 1.82) is 0 Å². The standard InChI is InChI=1S/C15H19N3OS/c1-11-5-6-12(20-11)10-15(19)18-9-3-2-4-14(18)13-7-8-16-17-13/h5-8,14H,2-4,9-10H2,1H3,(H,16,17)/t14-/m0/s1. The second-order valence-electron chi connectivity index (χ2n) is 5.30. The first kappa shape index (κ1) is 13.4. The van der Waals surface area contributed by atoms with Crippen molar-refractivity contribution in [1.82, 2.24) is 15.1 Å². The van der Waals surface area contributed by atoms with E-state index in [-0.39, 0.29) is 11.9 Å². The lowest BCUT2D eigenvalue weighted by molar-refractivity contribution is -0.134.